The summed E-state index contributed by atoms with van der Waals surface area (Å²) in [6, 6.07) is 20.1. The Kier molecular flexibility index (Phi) is 7.06. The van der Waals surface area contributed by atoms with E-state index in [4.69, 9.17) is 27.9 Å². The number of benzene rings is 3. The Morgan fingerprint density at radius 1 is 1.09 bits per heavy atom. The van der Waals surface area contributed by atoms with Crippen LogP contribution in [0, 0.1) is 12.8 Å². The predicted octanol–water partition coefficient (Wildman–Crippen LogP) is 5.38. The summed E-state index contributed by atoms with van der Waals surface area (Å²) in [7, 11) is 0. The first-order valence-corrected chi connectivity index (χ1v) is 11.2. The fourth-order valence-electron chi connectivity index (χ4n) is 3.58. The summed E-state index contributed by atoms with van der Waals surface area (Å²) in [5.74, 6) is -0.226. The average Bonchev–Trinajstić information content (AvgIpc) is 3.19. The Morgan fingerprint density at radius 3 is 2.61 bits per heavy atom. The van der Waals surface area contributed by atoms with Gasteiger partial charge in [0.1, 0.15) is 12.4 Å². The van der Waals surface area contributed by atoms with E-state index in [-0.39, 0.29) is 24.8 Å². The van der Waals surface area contributed by atoms with Gasteiger partial charge in [0.15, 0.2) is 0 Å². The van der Waals surface area contributed by atoms with Gasteiger partial charge in [-0.05, 0) is 43.3 Å². The zero-order valence-corrected chi connectivity index (χ0v) is 19.5. The van der Waals surface area contributed by atoms with Crippen LogP contribution in [0.3, 0.4) is 0 Å². The molecule has 6 nitrogen and oxygen atoms in total. The number of aryl methyl sites for hydroxylation is 1. The lowest BCUT2D eigenvalue weighted by Gasteiger charge is -2.18. The van der Waals surface area contributed by atoms with Crippen LogP contribution in [0.25, 0.3) is 0 Å². The molecule has 33 heavy (non-hydrogen) atoms. The van der Waals surface area contributed by atoms with Crippen LogP contribution in [0.2, 0.25) is 10.0 Å². The Morgan fingerprint density at radius 2 is 1.85 bits per heavy atom. The van der Waals surface area contributed by atoms with Crippen LogP contribution in [0.5, 0.6) is 5.75 Å². The molecule has 8 heteroatoms. The molecule has 2 amide bonds. The first-order chi connectivity index (χ1) is 15.9. The van der Waals surface area contributed by atoms with E-state index in [1.54, 1.807) is 35.2 Å². The number of hydrogen-bond donors (Lipinski definition) is 2. The van der Waals surface area contributed by atoms with Gasteiger partial charge in [0.05, 0.1) is 11.6 Å². The molecule has 1 heterocycles. The number of nitrogens with one attached hydrogen (secondary N) is 2. The number of hydrazine groups is 1. The lowest BCUT2D eigenvalue weighted by atomic mass is 10.1. The third-order valence-corrected chi connectivity index (χ3v) is 6.03. The highest BCUT2D eigenvalue weighted by atomic mass is 35.5. The van der Waals surface area contributed by atoms with Crippen molar-refractivity contribution in [1.29, 1.82) is 0 Å². The highest BCUT2D eigenvalue weighted by Crippen LogP contribution is 2.28. The highest BCUT2D eigenvalue weighted by Gasteiger charge is 2.35. The normalized spacial score (nSPS) is 15.4. The van der Waals surface area contributed by atoms with Crippen molar-refractivity contribution in [2.45, 2.75) is 20.0 Å². The maximum absolute atomic E-state index is 12.7. The van der Waals surface area contributed by atoms with Crippen molar-refractivity contribution in [1.82, 2.24) is 5.43 Å². The van der Waals surface area contributed by atoms with Crippen LogP contribution >= 0.6 is 23.2 Å². The van der Waals surface area contributed by atoms with Gasteiger partial charge in [-0.15, -0.1) is 0 Å². The number of para-hydroxylation sites is 2. The minimum Gasteiger partial charge on any atom is -0.487 e. The number of carbonyl (C=O) groups is 2. The lowest BCUT2D eigenvalue weighted by Crippen LogP contribution is -2.36. The molecule has 1 aliphatic heterocycles. The first kappa shape index (κ1) is 23.0. The molecule has 0 aromatic heterocycles. The molecule has 0 saturated carbocycles. The molecule has 3 aromatic rings. The molecule has 0 aliphatic carbocycles. The summed E-state index contributed by atoms with van der Waals surface area (Å²) in [6.07, 6.45) is 0.161. The number of amides is 2. The topological polar surface area (TPSA) is 70.7 Å². The molecule has 4 rings (SSSR count). The zero-order chi connectivity index (χ0) is 23.4. The number of ether oxygens (including phenoxy) is 1. The van der Waals surface area contributed by atoms with Crippen LogP contribution < -0.4 is 20.5 Å². The number of rotatable bonds is 7. The molecule has 1 atom stereocenters. The molecule has 1 fully saturated rings. The summed E-state index contributed by atoms with van der Waals surface area (Å²) in [5.41, 5.74) is 8.93. The molecule has 0 bridgehead atoms. The number of halogens is 2. The molecule has 170 valence electrons. The van der Waals surface area contributed by atoms with Crippen molar-refractivity contribution in [3.63, 3.8) is 0 Å². The van der Waals surface area contributed by atoms with E-state index in [2.05, 4.69) is 10.9 Å². The number of nitrogens with zero attached hydrogens (tertiary/aromatic N) is 1. The second-order valence-electron chi connectivity index (χ2n) is 7.88. The maximum atomic E-state index is 12.7. The third-order valence-electron chi connectivity index (χ3n) is 5.45. The van der Waals surface area contributed by atoms with E-state index < -0.39 is 5.92 Å². The second kappa shape index (κ2) is 10.1. The van der Waals surface area contributed by atoms with Gasteiger partial charge in [-0.3, -0.25) is 20.4 Å². The summed E-state index contributed by atoms with van der Waals surface area (Å²) < 4.78 is 5.90. The third kappa shape index (κ3) is 5.59. The lowest BCUT2D eigenvalue weighted by molar-refractivity contribution is -0.125. The fourth-order valence-corrected chi connectivity index (χ4v) is 4.04. The minimum absolute atomic E-state index is 0.0671. The van der Waals surface area contributed by atoms with Gasteiger partial charge in [0.2, 0.25) is 11.8 Å². The summed E-state index contributed by atoms with van der Waals surface area (Å²) >= 11 is 12.2. The van der Waals surface area contributed by atoms with E-state index >= 15 is 0 Å². The molecule has 2 N–H and O–H groups in total. The van der Waals surface area contributed by atoms with Crippen LogP contribution in [-0.4, -0.2) is 18.4 Å². The van der Waals surface area contributed by atoms with Gasteiger partial charge >= 0.3 is 0 Å². The van der Waals surface area contributed by atoms with E-state index in [1.165, 1.54) is 0 Å². The summed E-state index contributed by atoms with van der Waals surface area (Å²) in [5, 5.41) is 1.07. The number of hydrogen-bond acceptors (Lipinski definition) is 4. The van der Waals surface area contributed by atoms with E-state index in [0.717, 1.165) is 16.8 Å². The van der Waals surface area contributed by atoms with Crippen LogP contribution in [-0.2, 0) is 16.2 Å². The monoisotopic (exact) mass is 483 g/mol. The maximum Gasteiger partial charge on any atom is 0.243 e. The van der Waals surface area contributed by atoms with Gasteiger partial charge in [-0.2, -0.15) is 0 Å². The molecule has 0 radical (unpaired) electrons. The number of carbonyl (C=O) groups excluding carboxylic acids is 2. The largest absolute Gasteiger partial charge is 0.487 e. The van der Waals surface area contributed by atoms with Gasteiger partial charge < -0.3 is 9.64 Å². The van der Waals surface area contributed by atoms with E-state index in [1.807, 2.05) is 43.3 Å². The van der Waals surface area contributed by atoms with Crippen molar-refractivity contribution in [2.24, 2.45) is 5.92 Å². The van der Waals surface area contributed by atoms with E-state index in [0.29, 0.717) is 28.0 Å². The summed E-state index contributed by atoms with van der Waals surface area (Å²) in [6.45, 7) is 2.57. The molecule has 0 unspecified atom stereocenters. The first-order valence-electron chi connectivity index (χ1n) is 10.5. The van der Waals surface area contributed by atoms with Gasteiger partial charge in [-0.1, -0.05) is 59.1 Å². The predicted molar refractivity (Wildman–Crippen MR) is 131 cm³/mol. The minimum atomic E-state index is -0.452. The van der Waals surface area contributed by atoms with Crippen LogP contribution in [0.1, 0.15) is 17.5 Å². The van der Waals surface area contributed by atoms with Crippen molar-refractivity contribution < 1.29 is 14.3 Å². The SMILES string of the molecule is Cc1ccc(N2C[C@@H](C(=O)NNc3ccccc3OCc3ccc(Cl)cc3Cl)CC2=O)cc1. The standard InChI is InChI=1S/C25H23Cl2N3O3/c1-16-6-10-20(11-7-16)30-14-18(12-24(30)31)25(32)29-28-22-4-2-3-5-23(22)33-15-17-8-9-19(26)13-21(17)27/h2-11,13,18,28H,12,14-15H2,1H3,(H,29,32)/t18-/m0/s1. The quantitative estimate of drug-likeness (QED) is 0.442. The fraction of sp³-hybridized carbons (Fsp3) is 0.200. The zero-order valence-electron chi connectivity index (χ0n) is 18.0. The second-order valence-corrected chi connectivity index (χ2v) is 8.72. The Hall–Kier alpha value is -3.22. The van der Waals surface area contributed by atoms with Crippen molar-refractivity contribution in [3.05, 3.63) is 87.9 Å². The Labute approximate surface area is 202 Å². The van der Waals surface area contributed by atoms with Gasteiger partial charge in [0, 0.05) is 34.3 Å². The molecular weight excluding hydrogens is 461 g/mol. The molecule has 1 aliphatic rings. The van der Waals surface area contributed by atoms with Gasteiger partial charge in [0.25, 0.3) is 0 Å². The molecular formula is C25H23Cl2N3O3. The average molecular weight is 484 g/mol. The number of anilines is 2. The highest BCUT2D eigenvalue weighted by molar-refractivity contribution is 6.35. The summed E-state index contributed by atoms with van der Waals surface area (Å²) in [4.78, 5) is 26.8. The Balaban J connectivity index is 1.36. The van der Waals surface area contributed by atoms with Crippen molar-refractivity contribution >= 4 is 46.4 Å². The molecule has 0 spiro atoms. The molecule has 3 aromatic carbocycles. The van der Waals surface area contributed by atoms with Crippen molar-refractivity contribution in [2.75, 3.05) is 16.9 Å². The van der Waals surface area contributed by atoms with Gasteiger partial charge in [-0.25, -0.2) is 0 Å². The smallest absolute Gasteiger partial charge is 0.243 e. The Bertz CT molecular complexity index is 1170. The van der Waals surface area contributed by atoms with Crippen molar-refractivity contribution in [3.8, 4) is 5.75 Å². The van der Waals surface area contributed by atoms with Crippen LogP contribution in [0.4, 0.5) is 11.4 Å². The molecule has 1 saturated heterocycles. The van der Waals surface area contributed by atoms with Crippen LogP contribution in [0.15, 0.2) is 66.7 Å². The van der Waals surface area contributed by atoms with E-state index in [9.17, 15) is 9.59 Å².